The Hall–Kier alpha value is -1.69. The third kappa shape index (κ3) is 5.27. The monoisotopic (exact) mass is 539 g/mol. The maximum absolute atomic E-state index is 12.3. The molecule has 2 heterocycles. The fourth-order valence-electron chi connectivity index (χ4n) is 2.83. The van der Waals surface area contributed by atoms with Crippen molar-refractivity contribution >= 4 is 73.7 Å². The highest BCUT2D eigenvalue weighted by Crippen LogP contribution is 2.32. The van der Waals surface area contributed by atoms with Gasteiger partial charge in [0.1, 0.15) is 5.75 Å². The number of fused-ring (bicyclic) bond motifs is 1. The van der Waals surface area contributed by atoms with E-state index in [4.69, 9.17) is 4.74 Å². The molecule has 0 spiro atoms. The molecule has 6 nitrogen and oxygen atoms in total. The summed E-state index contributed by atoms with van der Waals surface area (Å²) < 4.78 is 8.22. The zero-order valence-corrected chi connectivity index (χ0v) is 19.2. The molecular weight excluding hydrogens is 521 g/mol. The van der Waals surface area contributed by atoms with Gasteiger partial charge in [-0.3, -0.25) is 9.79 Å². The summed E-state index contributed by atoms with van der Waals surface area (Å²) >= 11 is 5.23. The van der Waals surface area contributed by atoms with E-state index in [1.54, 1.807) is 23.6 Å². The van der Waals surface area contributed by atoms with Gasteiger partial charge < -0.3 is 14.7 Å². The number of amides is 1. The molecule has 3 aromatic rings. The highest BCUT2D eigenvalue weighted by Gasteiger charge is 2.17. The fraction of sp³-hybridized carbons (Fsp3) is 0.250. The number of carbonyl (C=O) groups excluding carboxylic acids is 1. The molecular formula is C20H18IN3O3S2. The summed E-state index contributed by atoms with van der Waals surface area (Å²) in [4.78, 5) is 23.2. The molecule has 0 bridgehead atoms. The van der Waals surface area contributed by atoms with Crippen LogP contribution < -0.4 is 0 Å². The van der Waals surface area contributed by atoms with Gasteiger partial charge in [0.25, 0.3) is 0 Å². The zero-order valence-electron chi connectivity index (χ0n) is 15.4. The van der Waals surface area contributed by atoms with Crippen molar-refractivity contribution < 1.29 is 14.6 Å². The highest BCUT2D eigenvalue weighted by molar-refractivity contribution is 14.1. The maximum Gasteiger partial charge on any atom is 0.233 e. The number of aromatic nitrogens is 1. The number of carbonyl (C=O) groups is 1. The summed E-state index contributed by atoms with van der Waals surface area (Å²) in [7, 11) is 0. The van der Waals surface area contributed by atoms with Crippen LogP contribution in [0.2, 0.25) is 0 Å². The molecule has 1 amide bonds. The third-order valence-corrected chi connectivity index (χ3v) is 7.19. The normalized spacial score (nSPS) is 14.7. The van der Waals surface area contributed by atoms with Crippen LogP contribution in [-0.2, 0) is 9.53 Å². The quantitative estimate of drug-likeness (QED) is 0.297. The van der Waals surface area contributed by atoms with Crippen LogP contribution in [0, 0.1) is 3.57 Å². The zero-order chi connectivity index (χ0) is 20.2. The second-order valence-corrected chi connectivity index (χ2v) is 9.87. The Morgan fingerprint density at radius 2 is 2.14 bits per heavy atom. The number of phenols is 1. The minimum absolute atomic E-state index is 0.125. The summed E-state index contributed by atoms with van der Waals surface area (Å²) in [5.74, 6) is 0.716. The first kappa shape index (κ1) is 20.6. The maximum atomic E-state index is 12.3. The summed E-state index contributed by atoms with van der Waals surface area (Å²) in [5.41, 5.74) is 2.37. The molecule has 0 saturated carbocycles. The molecule has 9 heteroatoms. The first-order valence-electron chi connectivity index (χ1n) is 9.00. The molecule has 1 saturated heterocycles. The van der Waals surface area contributed by atoms with Crippen LogP contribution in [0.15, 0.2) is 45.7 Å². The van der Waals surface area contributed by atoms with Gasteiger partial charge in [-0.05, 0) is 59.0 Å². The molecule has 0 aliphatic carbocycles. The molecule has 0 unspecified atom stereocenters. The number of aromatic hydroxyl groups is 1. The van der Waals surface area contributed by atoms with Crippen molar-refractivity contribution in [2.24, 2.45) is 4.99 Å². The minimum Gasteiger partial charge on any atom is -0.507 e. The molecule has 1 N–H and O–H groups in total. The van der Waals surface area contributed by atoms with E-state index < -0.39 is 0 Å². The molecule has 4 rings (SSSR count). The van der Waals surface area contributed by atoms with Crippen molar-refractivity contribution in [3.63, 3.8) is 0 Å². The second-order valence-electron chi connectivity index (χ2n) is 6.37. The third-order valence-electron chi connectivity index (χ3n) is 4.38. The lowest BCUT2D eigenvalue weighted by Crippen LogP contribution is -2.41. The number of thioether (sulfide) groups is 1. The first-order valence-corrected chi connectivity index (χ1v) is 11.9. The number of morpholine rings is 1. The van der Waals surface area contributed by atoms with Crippen LogP contribution in [0.3, 0.4) is 0 Å². The standard InChI is InChI=1S/C20H18IN3O3S2/c21-14-1-4-17(25)13(9-14)11-22-15-2-3-16-18(10-15)29-20(23-16)28-12-19(26)24-5-7-27-8-6-24/h1-4,9-11,25H,5-8,12H2. The van der Waals surface area contributed by atoms with Crippen LogP contribution in [-0.4, -0.2) is 59.2 Å². The topological polar surface area (TPSA) is 75.0 Å². The molecule has 1 aliphatic rings. The summed E-state index contributed by atoms with van der Waals surface area (Å²) in [6, 6.07) is 11.2. The molecule has 2 aromatic carbocycles. The number of halogens is 1. The van der Waals surface area contributed by atoms with Crippen molar-refractivity contribution in [1.29, 1.82) is 0 Å². The van der Waals surface area contributed by atoms with E-state index in [9.17, 15) is 9.90 Å². The van der Waals surface area contributed by atoms with Crippen molar-refractivity contribution in [2.45, 2.75) is 4.34 Å². The van der Waals surface area contributed by atoms with Crippen molar-refractivity contribution in [3.05, 3.63) is 45.5 Å². The molecule has 1 aromatic heterocycles. The van der Waals surface area contributed by atoms with Gasteiger partial charge in [0, 0.05) is 28.4 Å². The van der Waals surface area contributed by atoms with E-state index >= 15 is 0 Å². The number of thiazole rings is 1. The van der Waals surface area contributed by atoms with E-state index in [0.717, 1.165) is 23.8 Å². The Balaban J connectivity index is 1.44. The van der Waals surface area contributed by atoms with Crippen LogP contribution in [0.5, 0.6) is 5.75 Å². The number of phenolic OH excluding ortho intramolecular Hbond substituents is 1. The average molecular weight is 539 g/mol. The van der Waals surface area contributed by atoms with E-state index in [1.807, 2.05) is 35.2 Å². The number of hydrogen-bond donors (Lipinski definition) is 1. The smallest absolute Gasteiger partial charge is 0.233 e. The summed E-state index contributed by atoms with van der Waals surface area (Å²) in [5, 5.41) is 9.94. The van der Waals surface area contributed by atoms with Crippen molar-refractivity contribution in [3.8, 4) is 5.75 Å². The van der Waals surface area contributed by atoms with Crippen LogP contribution >= 0.6 is 45.7 Å². The van der Waals surface area contributed by atoms with E-state index in [-0.39, 0.29) is 11.7 Å². The van der Waals surface area contributed by atoms with Gasteiger partial charge in [-0.2, -0.15) is 0 Å². The van der Waals surface area contributed by atoms with Gasteiger partial charge >= 0.3 is 0 Å². The summed E-state index contributed by atoms with van der Waals surface area (Å²) in [6.45, 7) is 2.55. The second kappa shape index (κ2) is 9.41. The van der Waals surface area contributed by atoms with Gasteiger partial charge in [-0.1, -0.05) is 11.8 Å². The molecule has 0 atom stereocenters. The molecule has 150 valence electrons. The first-order chi connectivity index (χ1) is 14.1. The molecule has 0 radical (unpaired) electrons. The SMILES string of the molecule is O=C(CSc1nc2ccc(N=Cc3cc(I)ccc3O)cc2s1)N1CCOCC1. The van der Waals surface area contributed by atoms with Crippen LogP contribution in [0.1, 0.15) is 5.56 Å². The number of benzene rings is 2. The predicted octanol–water partition coefficient (Wildman–Crippen LogP) is 4.31. The fourth-order valence-corrected chi connectivity index (χ4v) is 5.35. The van der Waals surface area contributed by atoms with Gasteiger partial charge in [-0.25, -0.2) is 4.98 Å². The summed E-state index contributed by atoms with van der Waals surface area (Å²) in [6.07, 6.45) is 1.66. The van der Waals surface area contributed by atoms with Gasteiger partial charge in [0.05, 0.1) is 34.9 Å². The number of ether oxygens (including phenoxy) is 1. The molecule has 29 heavy (non-hydrogen) atoms. The van der Waals surface area contributed by atoms with Gasteiger partial charge in [0.15, 0.2) is 4.34 Å². The number of rotatable bonds is 5. The Morgan fingerprint density at radius 3 is 2.97 bits per heavy atom. The number of nitrogens with zero attached hydrogens (tertiary/aromatic N) is 3. The van der Waals surface area contributed by atoms with Crippen molar-refractivity contribution in [1.82, 2.24) is 9.88 Å². The van der Waals surface area contributed by atoms with E-state index in [1.165, 1.54) is 11.8 Å². The molecule has 1 aliphatic heterocycles. The predicted molar refractivity (Wildman–Crippen MR) is 126 cm³/mol. The van der Waals surface area contributed by atoms with Crippen molar-refractivity contribution in [2.75, 3.05) is 32.1 Å². The lowest BCUT2D eigenvalue weighted by molar-refractivity contribution is -0.132. The molecule has 1 fully saturated rings. The van der Waals surface area contributed by atoms with Crippen LogP contribution in [0.4, 0.5) is 5.69 Å². The van der Waals surface area contributed by atoms with Gasteiger partial charge in [0.2, 0.25) is 5.91 Å². The average Bonchev–Trinajstić information content (AvgIpc) is 3.15. The Bertz CT molecular complexity index is 1060. The van der Waals surface area contributed by atoms with Crippen LogP contribution in [0.25, 0.3) is 10.2 Å². The number of hydrogen-bond acceptors (Lipinski definition) is 7. The largest absolute Gasteiger partial charge is 0.507 e. The Labute approximate surface area is 190 Å². The minimum atomic E-state index is 0.125. The highest BCUT2D eigenvalue weighted by atomic mass is 127. The number of aliphatic imine (C=N–C) groups is 1. The van der Waals surface area contributed by atoms with E-state index in [0.29, 0.717) is 37.6 Å². The Kier molecular flexibility index (Phi) is 6.68. The lowest BCUT2D eigenvalue weighted by atomic mass is 10.2. The Morgan fingerprint density at radius 1 is 1.31 bits per heavy atom. The van der Waals surface area contributed by atoms with Gasteiger partial charge in [-0.15, -0.1) is 11.3 Å². The van der Waals surface area contributed by atoms with E-state index in [2.05, 4.69) is 32.6 Å². The lowest BCUT2D eigenvalue weighted by Gasteiger charge is -2.26.